The molecule has 0 amide bonds. The SMILES string of the molecule is C=CCn1c(C)cc(C(=O)COC(=O)c2cc(-c3ccccc3)nc3onc(C)c23)c1C. The first kappa shape index (κ1) is 21.2. The summed E-state index contributed by atoms with van der Waals surface area (Å²) >= 11 is 0. The van der Waals surface area contributed by atoms with Crippen molar-refractivity contribution in [2.24, 2.45) is 0 Å². The van der Waals surface area contributed by atoms with Gasteiger partial charge in [-0.1, -0.05) is 41.6 Å². The fourth-order valence-corrected chi connectivity index (χ4v) is 3.79. The molecule has 0 N–H and O–H groups in total. The molecule has 0 unspecified atom stereocenters. The third kappa shape index (κ3) is 3.85. The number of esters is 1. The number of fused-ring (bicyclic) bond motifs is 1. The van der Waals surface area contributed by atoms with Crippen molar-refractivity contribution in [3.8, 4) is 11.3 Å². The van der Waals surface area contributed by atoms with E-state index in [4.69, 9.17) is 9.26 Å². The lowest BCUT2D eigenvalue weighted by atomic mass is 10.1. The first-order chi connectivity index (χ1) is 15.4. The molecule has 4 rings (SSSR count). The molecule has 3 heterocycles. The van der Waals surface area contributed by atoms with Gasteiger partial charge in [0.05, 0.1) is 22.3 Å². The van der Waals surface area contributed by atoms with Crippen LogP contribution >= 0.6 is 0 Å². The van der Waals surface area contributed by atoms with Crippen molar-refractivity contribution in [1.29, 1.82) is 0 Å². The van der Waals surface area contributed by atoms with Crippen LogP contribution in [0.5, 0.6) is 0 Å². The number of aromatic nitrogens is 3. The molecule has 0 saturated carbocycles. The smallest absolute Gasteiger partial charge is 0.339 e. The van der Waals surface area contributed by atoms with E-state index in [9.17, 15) is 9.59 Å². The standard InChI is InChI=1S/C25H23N3O4/c1-5-11-28-15(2)12-19(17(28)4)22(29)14-31-25(30)20-13-21(18-9-7-6-8-10-18)26-24-23(20)16(3)27-32-24/h5-10,12-13H,1,11,14H2,2-4H3. The van der Waals surface area contributed by atoms with Crippen LogP contribution in [0.1, 0.15) is 37.8 Å². The zero-order valence-corrected chi connectivity index (χ0v) is 18.2. The molecule has 0 aliphatic carbocycles. The fourth-order valence-electron chi connectivity index (χ4n) is 3.79. The van der Waals surface area contributed by atoms with Gasteiger partial charge in [0.2, 0.25) is 5.78 Å². The molecular weight excluding hydrogens is 406 g/mol. The first-order valence-electron chi connectivity index (χ1n) is 10.2. The van der Waals surface area contributed by atoms with Crippen LogP contribution in [0.15, 0.2) is 59.6 Å². The molecule has 32 heavy (non-hydrogen) atoms. The second kappa shape index (κ2) is 8.63. The Bertz CT molecular complexity index is 1330. The van der Waals surface area contributed by atoms with E-state index < -0.39 is 5.97 Å². The lowest BCUT2D eigenvalue weighted by Gasteiger charge is -2.08. The number of Topliss-reactive ketones (excluding diaryl/α,β-unsaturated/α-hetero) is 1. The molecule has 0 bridgehead atoms. The monoisotopic (exact) mass is 429 g/mol. The average Bonchev–Trinajstić information content (AvgIpc) is 3.32. The minimum Gasteiger partial charge on any atom is -0.454 e. The zero-order chi connectivity index (χ0) is 22.8. The summed E-state index contributed by atoms with van der Waals surface area (Å²) in [6.45, 7) is 9.50. The van der Waals surface area contributed by atoms with Gasteiger partial charge in [-0.05, 0) is 32.9 Å². The van der Waals surface area contributed by atoms with Gasteiger partial charge in [-0.3, -0.25) is 4.79 Å². The Morgan fingerprint density at radius 3 is 2.59 bits per heavy atom. The summed E-state index contributed by atoms with van der Waals surface area (Å²) in [6.07, 6.45) is 1.77. The van der Waals surface area contributed by atoms with E-state index in [0.717, 1.165) is 17.0 Å². The predicted molar refractivity (Wildman–Crippen MR) is 121 cm³/mol. The molecule has 4 aromatic rings. The van der Waals surface area contributed by atoms with Gasteiger partial charge in [0, 0.05) is 29.1 Å². The van der Waals surface area contributed by atoms with Gasteiger partial charge in [-0.25, -0.2) is 9.78 Å². The molecule has 3 aromatic heterocycles. The van der Waals surface area contributed by atoms with Gasteiger partial charge in [-0.15, -0.1) is 6.58 Å². The second-order valence-corrected chi connectivity index (χ2v) is 7.55. The van der Waals surface area contributed by atoms with Crippen LogP contribution in [-0.2, 0) is 11.3 Å². The van der Waals surface area contributed by atoms with Crippen LogP contribution in [0, 0.1) is 20.8 Å². The molecule has 0 atom stereocenters. The van der Waals surface area contributed by atoms with Gasteiger partial charge in [-0.2, -0.15) is 0 Å². The summed E-state index contributed by atoms with van der Waals surface area (Å²) in [4.78, 5) is 30.3. The Kier molecular flexibility index (Phi) is 5.73. The van der Waals surface area contributed by atoms with Crippen molar-refractivity contribution in [1.82, 2.24) is 14.7 Å². The molecule has 0 spiro atoms. The van der Waals surface area contributed by atoms with Crippen molar-refractivity contribution in [3.05, 3.63) is 83.3 Å². The Morgan fingerprint density at radius 2 is 1.88 bits per heavy atom. The summed E-state index contributed by atoms with van der Waals surface area (Å²) < 4.78 is 12.7. The van der Waals surface area contributed by atoms with Gasteiger partial charge < -0.3 is 13.8 Å². The number of aryl methyl sites for hydroxylation is 2. The van der Waals surface area contributed by atoms with E-state index in [0.29, 0.717) is 28.9 Å². The minimum atomic E-state index is -0.630. The highest BCUT2D eigenvalue weighted by Gasteiger charge is 2.22. The summed E-state index contributed by atoms with van der Waals surface area (Å²) in [7, 11) is 0. The zero-order valence-electron chi connectivity index (χ0n) is 18.2. The minimum absolute atomic E-state index is 0.245. The Balaban J connectivity index is 1.62. The maximum absolute atomic E-state index is 13.0. The molecular formula is C25H23N3O4. The number of rotatable bonds is 7. The number of pyridine rings is 1. The van der Waals surface area contributed by atoms with E-state index in [1.54, 1.807) is 25.1 Å². The second-order valence-electron chi connectivity index (χ2n) is 7.55. The van der Waals surface area contributed by atoms with E-state index in [-0.39, 0.29) is 23.7 Å². The number of hydrogen-bond donors (Lipinski definition) is 0. The lowest BCUT2D eigenvalue weighted by molar-refractivity contribution is 0.0476. The fraction of sp³-hybridized carbons (Fsp3) is 0.200. The maximum Gasteiger partial charge on any atom is 0.339 e. The highest BCUT2D eigenvalue weighted by atomic mass is 16.5. The van der Waals surface area contributed by atoms with Gasteiger partial charge in [0.15, 0.2) is 6.61 Å². The third-order valence-electron chi connectivity index (χ3n) is 5.43. The summed E-state index contributed by atoms with van der Waals surface area (Å²) in [6, 6.07) is 12.9. The Hall–Kier alpha value is -4.00. The first-order valence-corrected chi connectivity index (χ1v) is 10.2. The molecule has 162 valence electrons. The van der Waals surface area contributed by atoms with Crippen LogP contribution < -0.4 is 0 Å². The lowest BCUT2D eigenvalue weighted by Crippen LogP contribution is -2.15. The molecule has 0 radical (unpaired) electrons. The number of carbonyl (C=O) groups excluding carboxylic acids is 2. The van der Waals surface area contributed by atoms with Crippen molar-refractivity contribution >= 4 is 22.9 Å². The number of ether oxygens (including phenoxy) is 1. The topological polar surface area (TPSA) is 87.2 Å². The number of ketones is 1. The van der Waals surface area contributed by atoms with Gasteiger partial charge >= 0.3 is 5.97 Å². The number of benzene rings is 1. The molecule has 0 saturated heterocycles. The maximum atomic E-state index is 13.0. The third-order valence-corrected chi connectivity index (χ3v) is 5.43. The largest absolute Gasteiger partial charge is 0.454 e. The molecule has 1 aromatic carbocycles. The van der Waals surface area contributed by atoms with Crippen LogP contribution in [-0.4, -0.2) is 33.1 Å². The summed E-state index contributed by atoms with van der Waals surface area (Å²) in [5.74, 6) is -0.897. The van der Waals surface area contributed by atoms with Crippen LogP contribution in [0.2, 0.25) is 0 Å². The van der Waals surface area contributed by atoms with E-state index in [1.165, 1.54) is 0 Å². The molecule has 0 aliphatic heterocycles. The highest BCUT2D eigenvalue weighted by Crippen LogP contribution is 2.27. The van der Waals surface area contributed by atoms with Crippen molar-refractivity contribution in [3.63, 3.8) is 0 Å². The van der Waals surface area contributed by atoms with Crippen LogP contribution in [0.25, 0.3) is 22.4 Å². The molecule has 7 nitrogen and oxygen atoms in total. The van der Waals surface area contributed by atoms with E-state index in [2.05, 4.69) is 16.7 Å². The van der Waals surface area contributed by atoms with Gasteiger partial charge in [0.25, 0.3) is 5.71 Å². The number of hydrogen-bond acceptors (Lipinski definition) is 6. The predicted octanol–water partition coefficient (Wildman–Crippen LogP) is 4.84. The number of nitrogens with zero attached hydrogens (tertiary/aromatic N) is 3. The van der Waals surface area contributed by atoms with Crippen molar-refractivity contribution in [2.45, 2.75) is 27.3 Å². The van der Waals surface area contributed by atoms with E-state index >= 15 is 0 Å². The average molecular weight is 429 g/mol. The van der Waals surface area contributed by atoms with Gasteiger partial charge in [0.1, 0.15) is 0 Å². The van der Waals surface area contributed by atoms with E-state index in [1.807, 2.05) is 48.7 Å². The highest BCUT2D eigenvalue weighted by molar-refractivity contribution is 6.06. The van der Waals surface area contributed by atoms with Crippen LogP contribution in [0.4, 0.5) is 0 Å². The normalized spacial score (nSPS) is 11.0. The van der Waals surface area contributed by atoms with Crippen molar-refractivity contribution in [2.75, 3.05) is 6.61 Å². The molecule has 7 heteroatoms. The Labute approximate surface area is 185 Å². The number of allylic oxidation sites excluding steroid dienone is 1. The summed E-state index contributed by atoms with van der Waals surface area (Å²) in [5, 5.41) is 4.41. The molecule has 0 aliphatic rings. The number of carbonyl (C=O) groups is 2. The Morgan fingerprint density at radius 1 is 1.12 bits per heavy atom. The molecule has 0 fully saturated rings. The summed E-state index contributed by atoms with van der Waals surface area (Å²) in [5.41, 5.74) is 4.70. The van der Waals surface area contributed by atoms with Crippen molar-refractivity contribution < 1.29 is 18.8 Å². The quantitative estimate of drug-likeness (QED) is 0.237. The van der Waals surface area contributed by atoms with Crippen LogP contribution in [0.3, 0.4) is 0 Å².